The molecule has 0 bridgehead atoms. The van der Waals surface area contributed by atoms with Crippen LogP contribution in [0.4, 0.5) is 0 Å². The molecular weight excluding hydrogens is 262 g/mol. The molecule has 0 aliphatic heterocycles. The van der Waals surface area contributed by atoms with Crippen LogP contribution < -0.4 is 4.74 Å². The van der Waals surface area contributed by atoms with Gasteiger partial charge in [-0.2, -0.15) is 5.10 Å². The van der Waals surface area contributed by atoms with Crippen molar-refractivity contribution in [3.63, 3.8) is 0 Å². The second-order valence-corrected chi connectivity index (χ2v) is 4.94. The zero-order valence-corrected chi connectivity index (χ0v) is 11.9. The molecule has 0 saturated heterocycles. The van der Waals surface area contributed by atoms with Gasteiger partial charge in [-0.25, -0.2) is 0 Å². The molecule has 0 aliphatic rings. The van der Waals surface area contributed by atoms with Crippen molar-refractivity contribution < 1.29 is 4.74 Å². The summed E-state index contributed by atoms with van der Waals surface area (Å²) in [7, 11) is 0. The monoisotopic (exact) mass is 279 g/mol. The Bertz CT molecular complexity index is 690. The second-order valence-electron chi connectivity index (χ2n) is 4.94. The van der Waals surface area contributed by atoms with Gasteiger partial charge in [-0.05, 0) is 30.7 Å². The summed E-state index contributed by atoms with van der Waals surface area (Å²) in [6.07, 6.45) is 4.35. The molecule has 4 heteroatoms. The first-order chi connectivity index (χ1) is 10.3. The minimum atomic E-state index is 0.647. The number of rotatable bonds is 5. The van der Waals surface area contributed by atoms with Crippen LogP contribution in [0, 0.1) is 6.92 Å². The molecule has 21 heavy (non-hydrogen) atoms. The van der Waals surface area contributed by atoms with Crippen LogP contribution in [0.2, 0.25) is 0 Å². The van der Waals surface area contributed by atoms with Crippen molar-refractivity contribution in [2.45, 2.75) is 13.3 Å². The van der Waals surface area contributed by atoms with E-state index in [4.69, 9.17) is 4.74 Å². The summed E-state index contributed by atoms with van der Waals surface area (Å²) in [5.41, 5.74) is 4.33. The number of aromatic amines is 1. The van der Waals surface area contributed by atoms with Crippen molar-refractivity contribution in [3.05, 3.63) is 66.0 Å². The number of aromatic nitrogens is 3. The molecule has 0 radical (unpaired) electrons. The molecule has 1 aromatic carbocycles. The first-order valence-electron chi connectivity index (χ1n) is 6.95. The number of nitrogens with zero attached hydrogens (tertiary/aromatic N) is 2. The predicted molar refractivity (Wildman–Crippen MR) is 82.2 cm³/mol. The summed E-state index contributed by atoms with van der Waals surface area (Å²) in [4.78, 5) is 4.36. The van der Waals surface area contributed by atoms with Gasteiger partial charge in [0.2, 0.25) is 0 Å². The van der Waals surface area contributed by atoms with Crippen LogP contribution in [0.25, 0.3) is 11.4 Å². The first kappa shape index (κ1) is 13.4. The van der Waals surface area contributed by atoms with Crippen molar-refractivity contribution >= 4 is 0 Å². The van der Waals surface area contributed by atoms with Crippen LogP contribution in [0.5, 0.6) is 5.75 Å². The second kappa shape index (κ2) is 6.22. The van der Waals surface area contributed by atoms with Gasteiger partial charge < -0.3 is 4.74 Å². The van der Waals surface area contributed by atoms with Gasteiger partial charge in [-0.3, -0.25) is 10.1 Å². The molecule has 1 N–H and O–H groups in total. The largest absolute Gasteiger partial charge is 0.492 e. The van der Waals surface area contributed by atoms with Crippen molar-refractivity contribution in [1.82, 2.24) is 15.2 Å². The summed E-state index contributed by atoms with van der Waals surface area (Å²) >= 11 is 0. The van der Waals surface area contributed by atoms with Crippen molar-refractivity contribution in [1.29, 1.82) is 0 Å². The molecule has 0 saturated carbocycles. The molecule has 3 aromatic rings. The van der Waals surface area contributed by atoms with Gasteiger partial charge in [-0.15, -0.1) is 0 Å². The zero-order valence-electron chi connectivity index (χ0n) is 11.9. The Labute approximate surface area is 123 Å². The standard InChI is InChI=1S/C17H17N3O/c1-13-3-2-4-14(11-13)8-10-21-15-5-6-16(18-12-15)17-7-9-19-20-17/h2-7,9,11-12H,8,10H2,1H3,(H,19,20). The smallest absolute Gasteiger partial charge is 0.137 e. The molecule has 3 rings (SSSR count). The van der Waals surface area contributed by atoms with Crippen molar-refractivity contribution in [2.24, 2.45) is 0 Å². The van der Waals surface area contributed by atoms with Crippen LogP contribution in [0.3, 0.4) is 0 Å². The van der Waals surface area contributed by atoms with Gasteiger partial charge >= 0.3 is 0 Å². The Morgan fingerprint density at radius 2 is 2.10 bits per heavy atom. The van der Waals surface area contributed by atoms with E-state index in [0.29, 0.717) is 6.61 Å². The third-order valence-corrected chi connectivity index (χ3v) is 3.25. The molecule has 106 valence electrons. The summed E-state index contributed by atoms with van der Waals surface area (Å²) in [6, 6.07) is 14.2. The van der Waals surface area contributed by atoms with Gasteiger partial charge in [0.05, 0.1) is 24.2 Å². The highest BCUT2D eigenvalue weighted by Gasteiger charge is 2.01. The molecule has 0 spiro atoms. The lowest BCUT2D eigenvalue weighted by atomic mass is 10.1. The Morgan fingerprint density at radius 1 is 1.14 bits per heavy atom. The van der Waals surface area contributed by atoms with Gasteiger partial charge in [0.1, 0.15) is 5.75 Å². The van der Waals surface area contributed by atoms with Gasteiger partial charge in [-0.1, -0.05) is 29.8 Å². The minimum absolute atomic E-state index is 0.647. The number of hydrogen-bond acceptors (Lipinski definition) is 3. The van der Waals surface area contributed by atoms with E-state index in [1.807, 2.05) is 18.2 Å². The van der Waals surface area contributed by atoms with E-state index in [2.05, 4.69) is 46.4 Å². The Kier molecular flexibility index (Phi) is 3.96. The lowest BCUT2D eigenvalue weighted by Gasteiger charge is -2.07. The van der Waals surface area contributed by atoms with E-state index in [0.717, 1.165) is 23.6 Å². The SMILES string of the molecule is Cc1cccc(CCOc2ccc(-c3ccn[nH]3)nc2)c1. The highest BCUT2D eigenvalue weighted by atomic mass is 16.5. The fourth-order valence-corrected chi connectivity index (χ4v) is 2.18. The van der Waals surface area contributed by atoms with Crippen LogP contribution in [-0.4, -0.2) is 21.8 Å². The number of pyridine rings is 1. The minimum Gasteiger partial charge on any atom is -0.492 e. The highest BCUT2D eigenvalue weighted by Crippen LogP contribution is 2.17. The molecule has 0 atom stereocenters. The molecule has 0 amide bonds. The number of H-pyrrole nitrogens is 1. The molecule has 0 aliphatic carbocycles. The highest BCUT2D eigenvalue weighted by molar-refractivity contribution is 5.53. The number of benzene rings is 1. The predicted octanol–water partition coefficient (Wildman–Crippen LogP) is 3.40. The van der Waals surface area contributed by atoms with Crippen LogP contribution in [-0.2, 0) is 6.42 Å². The molecule has 2 heterocycles. The Balaban J connectivity index is 1.56. The van der Waals surface area contributed by atoms with Gasteiger partial charge in [0.25, 0.3) is 0 Å². The maximum Gasteiger partial charge on any atom is 0.137 e. The summed E-state index contributed by atoms with van der Waals surface area (Å²) in [6.45, 7) is 2.75. The first-order valence-corrected chi connectivity index (χ1v) is 6.95. The summed E-state index contributed by atoms with van der Waals surface area (Å²) in [5.74, 6) is 0.783. The maximum absolute atomic E-state index is 5.73. The molecular formula is C17H17N3O. The maximum atomic E-state index is 5.73. The zero-order chi connectivity index (χ0) is 14.5. The van der Waals surface area contributed by atoms with E-state index in [1.54, 1.807) is 12.4 Å². The molecule has 2 aromatic heterocycles. The summed E-state index contributed by atoms with van der Waals surface area (Å²) in [5, 5.41) is 6.80. The van der Waals surface area contributed by atoms with E-state index in [9.17, 15) is 0 Å². The lowest BCUT2D eigenvalue weighted by molar-refractivity contribution is 0.321. The van der Waals surface area contributed by atoms with Crippen LogP contribution in [0.1, 0.15) is 11.1 Å². The molecule has 4 nitrogen and oxygen atoms in total. The third kappa shape index (κ3) is 3.48. The van der Waals surface area contributed by atoms with E-state index >= 15 is 0 Å². The molecule has 0 fully saturated rings. The third-order valence-electron chi connectivity index (χ3n) is 3.25. The lowest BCUT2D eigenvalue weighted by Crippen LogP contribution is -2.01. The van der Waals surface area contributed by atoms with E-state index in [-0.39, 0.29) is 0 Å². The fraction of sp³-hybridized carbons (Fsp3) is 0.176. The topological polar surface area (TPSA) is 50.8 Å². The number of aryl methyl sites for hydroxylation is 1. The average molecular weight is 279 g/mol. The van der Waals surface area contributed by atoms with Gasteiger partial charge in [0.15, 0.2) is 0 Å². The van der Waals surface area contributed by atoms with Crippen LogP contribution >= 0.6 is 0 Å². The van der Waals surface area contributed by atoms with Gasteiger partial charge in [0, 0.05) is 12.6 Å². The normalized spacial score (nSPS) is 10.5. The van der Waals surface area contributed by atoms with Crippen molar-refractivity contribution in [3.8, 4) is 17.1 Å². The average Bonchev–Trinajstić information content (AvgIpc) is 3.02. The number of nitrogens with one attached hydrogen (secondary N) is 1. The number of hydrogen-bond donors (Lipinski definition) is 1. The quantitative estimate of drug-likeness (QED) is 0.778. The molecule has 0 unspecified atom stereocenters. The van der Waals surface area contributed by atoms with Crippen molar-refractivity contribution in [2.75, 3.05) is 6.61 Å². The van der Waals surface area contributed by atoms with E-state index in [1.165, 1.54) is 11.1 Å². The number of ether oxygens (including phenoxy) is 1. The summed E-state index contributed by atoms with van der Waals surface area (Å²) < 4.78 is 5.73. The van der Waals surface area contributed by atoms with E-state index < -0.39 is 0 Å². The Morgan fingerprint density at radius 3 is 2.81 bits per heavy atom. The fourth-order valence-electron chi connectivity index (χ4n) is 2.18. The van der Waals surface area contributed by atoms with Crippen LogP contribution in [0.15, 0.2) is 54.9 Å². The Hall–Kier alpha value is -2.62.